The largest absolute Gasteiger partial charge is 0.491 e. The molecule has 1 aromatic rings. The summed E-state index contributed by atoms with van der Waals surface area (Å²) in [5.41, 5.74) is 1.16. The SMILES string of the molecule is CCCCNCC(O)COc1cccc(C)c1. The van der Waals surface area contributed by atoms with Crippen molar-refractivity contribution in [2.45, 2.75) is 32.8 Å². The highest BCUT2D eigenvalue weighted by Crippen LogP contribution is 2.12. The minimum atomic E-state index is -0.452. The van der Waals surface area contributed by atoms with Crippen LogP contribution in [0.15, 0.2) is 24.3 Å². The predicted molar refractivity (Wildman–Crippen MR) is 70.5 cm³/mol. The van der Waals surface area contributed by atoms with Crippen molar-refractivity contribution < 1.29 is 9.84 Å². The lowest BCUT2D eigenvalue weighted by molar-refractivity contribution is 0.106. The van der Waals surface area contributed by atoms with Crippen LogP contribution in [-0.2, 0) is 0 Å². The number of aliphatic hydroxyl groups excluding tert-OH is 1. The van der Waals surface area contributed by atoms with E-state index in [4.69, 9.17) is 4.74 Å². The van der Waals surface area contributed by atoms with Gasteiger partial charge in [-0.25, -0.2) is 0 Å². The molecule has 3 nitrogen and oxygen atoms in total. The summed E-state index contributed by atoms with van der Waals surface area (Å²) >= 11 is 0. The highest BCUT2D eigenvalue weighted by atomic mass is 16.5. The summed E-state index contributed by atoms with van der Waals surface area (Å²) in [6.07, 6.45) is 1.86. The van der Waals surface area contributed by atoms with E-state index in [0.717, 1.165) is 24.3 Å². The summed E-state index contributed by atoms with van der Waals surface area (Å²) in [4.78, 5) is 0. The van der Waals surface area contributed by atoms with Gasteiger partial charge in [0, 0.05) is 6.54 Å². The van der Waals surface area contributed by atoms with Gasteiger partial charge in [0.1, 0.15) is 18.5 Å². The molecule has 0 amide bonds. The van der Waals surface area contributed by atoms with E-state index in [9.17, 15) is 5.11 Å². The van der Waals surface area contributed by atoms with E-state index < -0.39 is 6.10 Å². The number of benzene rings is 1. The lowest BCUT2D eigenvalue weighted by Crippen LogP contribution is -2.31. The summed E-state index contributed by atoms with van der Waals surface area (Å²) < 4.78 is 5.52. The average molecular weight is 237 g/mol. The molecular formula is C14H23NO2. The van der Waals surface area contributed by atoms with Gasteiger partial charge < -0.3 is 15.2 Å². The van der Waals surface area contributed by atoms with Crippen molar-refractivity contribution in [3.8, 4) is 5.75 Å². The predicted octanol–water partition coefficient (Wildman–Crippen LogP) is 2.12. The second-order valence-electron chi connectivity index (χ2n) is 4.34. The maximum absolute atomic E-state index is 9.69. The van der Waals surface area contributed by atoms with Crippen molar-refractivity contribution in [1.29, 1.82) is 0 Å². The van der Waals surface area contributed by atoms with Crippen molar-refractivity contribution in [3.63, 3.8) is 0 Å². The van der Waals surface area contributed by atoms with E-state index in [-0.39, 0.29) is 0 Å². The number of aryl methyl sites for hydroxylation is 1. The molecule has 0 fully saturated rings. The molecule has 3 heteroatoms. The van der Waals surface area contributed by atoms with Crippen LogP contribution in [0.1, 0.15) is 25.3 Å². The molecule has 0 heterocycles. The maximum Gasteiger partial charge on any atom is 0.119 e. The number of ether oxygens (including phenoxy) is 1. The Bertz CT molecular complexity index is 315. The molecule has 1 rings (SSSR count). The molecule has 0 aliphatic carbocycles. The number of nitrogens with one attached hydrogen (secondary N) is 1. The topological polar surface area (TPSA) is 41.5 Å². The fourth-order valence-electron chi connectivity index (χ4n) is 1.53. The van der Waals surface area contributed by atoms with Crippen LogP contribution in [-0.4, -0.2) is 30.9 Å². The van der Waals surface area contributed by atoms with Crippen LogP contribution in [0.3, 0.4) is 0 Å². The number of unbranched alkanes of at least 4 members (excludes halogenated alkanes) is 1. The normalized spacial score (nSPS) is 12.4. The Labute approximate surface area is 104 Å². The summed E-state index contributed by atoms with van der Waals surface area (Å²) in [5, 5.41) is 12.9. The van der Waals surface area contributed by atoms with Gasteiger partial charge in [-0.15, -0.1) is 0 Å². The number of rotatable bonds is 8. The van der Waals surface area contributed by atoms with Crippen LogP contribution in [0, 0.1) is 6.92 Å². The Kier molecular flexibility index (Phi) is 6.67. The van der Waals surface area contributed by atoms with Crippen molar-refractivity contribution in [1.82, 2.24) is 5.32 Å². The first-order valence-electron chi connectivity index (χ1n) is 6.30. The highest BCUT2D eigenvalue weighted by Gasteiger charge is 2.04. The molecule has 17 heavy (non-hydrogen) atoms. The molecule has 0 radical (unpaired) electrons. The highest BCUT2D eigenvalue weighted by molar-refractivity contribution is 5.27. The fourth-order valence-corrected chi connectivity index (χ4v) is 1.53. The lowest BCUT2D eigenvalue weighted by Gasteiger charge is -2.13. The van der Waals surface area contributed by atoms with Gasteiger partial charge in [-0.2, -0.15) is 0 Å². The first-order valence-corrected chi connectivity index (χ1v) is 6.30. The molecule has 0 aromatic heterocycles. The van der Waals surface area contributed by atoms with Gasteiger partial charge in [0.2, 0.25) is 0 Å². The van der Waals surface area contributed by atoms with Crippen molar-refractivity contribution in [2.24, 2.45) is 0 Å². The van der Waals surface area contributed by atoms with E-state index in [2.05, 4.69) is 12.2 Å². The molecule has 1 aromatic carbocycles. The molecule has 2 N–H and O–H groups in total. The lowest BCUT2D eigenvalue weighted by atomic mass is 10.2. The first-order chi connectivity index (χ1) is 8.22. The van der Waals surface area contributed by atoms with Crippen LogP contribution in [0.4, 0.5) is 0 Å². The zero-order valence-corrected chi connectivity index (χ0v) is 10.8. The zero-order chi connectivity index (χ0) is 12.5. The minimum Gasteiger partial charge on any atom is -0.491 e. The summed E-state index contributed by atoms with van der Waals surface area (Å²) in [6.45, 7) is 6.06. The summed E-state index contributed by atoms with van der Waals surface area (Å²) in [6, 6.07) is 7.85. The van der Waals surface area contributed by atoms with Gasteiger partial charge in [-0.1, -0.05) is 25.5 Å². The molecule has 0 aliphatic rings. The molecule has 1 unspecified atom stereocenters. The number of hydrogen-bond donors (Lipinski definition) is 2. The van der Waals surface area contributed by atoms with Crippen LogP contribution >= 0.6 is 0 Å². The fraction of sp³-hybridized carbons (Fsp3) is 0.571. The summed E-state index contributed by atoms with van der Waals surface area (Å²) in [7, 11) is 0. The van der Waals surface area contributed by atoms with Gasteiger partial charge in [0.25, 0.3) is 0 Å². The molecule has 0 saturated heterocycles. The van der Waals surface area contributed by atoms with E-state index in [0.29, 0.717) is 13.2 Å². The second kappa shape index (κ2) is 8.09. The van der Waals surface area contributed by atoms with Crippen molar-refractivity contribution in [3.05, 3.63) is 29.8 Å². The van der Waals surface area contributed by atoms with E-state index in [1.54, 1.807) is 0 Å². The third-order valence-corrected chi connectivity index (χ3v) is 2.52. The van der Waals surface area contributed by atoms with Crippen LogP contribution < -0.4 is 10.1 Å². The number of aliphatic hydroxyl groups is 1. The molecule has 0 spiro atoms. The zero-order valence-electron chi connectivity index (χ0n) is 10.8. The monoisotopic (exact) mass is 237 g/mol. The van der Waals surface area contributed by atoms with Crippen LogP contribution in [0.25, 0.3) is 0 Å². The first kappa shape index (κ1) is 14.0. The standard InChI is InChI=1S/C14H23NO2/c1-3-4-8-15-10-13(16)11-17-14-7-5-6-12(2)9-14/h5-7,9,13,15-16H,3-4,8,10-11H2,1-2H3. The van der Waals surface area contributed by atoms with Gasteiger partial charge >= 0.3 is 0 Å². The van der Waals surface area contributed by atoms with Crippen molar-refractivity contribution in [2.75, 3.05) is 19.7 Å². The second-order valence-corrected chi connectivity index (χ2v) is 4.34. The van der Waals surface area contributed by atoms with E-state index >= 15 is 0 Å². The quantitative estimate of drug-likeness (QED) is 0.681. The third-order valence-electron chi connectivity index (χ3n) is 2.52. The van der Waals surface area contributed by atoms with E-state index in [1.165, 1.54) is 6.42 Å². The average Bonchev–Trinajstić information content (AvgIpc) is 2.32. The van der Waals surface area contributed by atoms with E-state index in [1.807, 2.05) is 31.2 Å². The molecule has 0 bridgehead atoms. The molecule has 96 valence electrons. The molecular weight excluding hydrogens is 214 g/mol. The van der Waals surface area contributed by atoms with Gasteiger partial charge in [0.05, 0.1) is 0 Å². The van der Waals surface area contributed by atoms with Crippen LogP contribution in [0.5, 0.6) is 5.75 Å². The Morgan fingerprint density at radius 2 is 2.24 bits per heavy atom. The smallest absolute Gasteiger partial charge is 0.119 e. The number of hydrogen-bond acceptors (Lipinski definition) is 3. The Balaban J connectivity index is 2.17. The molecule has 0 saturated carbocycles. The Hall–Kier alpha value is -1.06. The minimum absolute atomic E-state index is 0.336. The molecule has 0 aliphatic heterocycles. The van der Waals surface area contributed by atoms with Gasteiger partial charge in [0.15, 0.2) is 0 Å². The Morgan fingerprint density at radius 3 is 2.94 bits per heavy atom. The van der Waals surface area contributed by atoms with Gasteiger partial charge in [-0.3, -0.25) is 0 Å². The van der Waals surface area contributed by atoms with Crippen LogP contribution in [0.2, 0.25) is 0 Å². The van der Waals surface area contributed by atoms with Gasteiger partial charge in [-0.05, 0) is 37.6 Å². The van der Waals surface area contributed by atoms with Crippen molar-refractivity contribution >= 4 is 0 Å². The Morgan fingerprint density at radius 1 is 1.41 bits per heavy atom. The summed E-state index contributed by atoms with van der Waals surface area (Å²) in [5.74, 6) is 0.817. The maximum atomic E-state index is 9.69. The third kappa shape index (κ3) is 6.29. The molecule has 1 atom stereocenters.